The molecule has 0 radical (unpaired) electrons. The molecule has 3 aromatic rings. The Labute approximate surface area is 95.0 Å². The summed E-state index contributed by atoms with van der Waals surface area (Å²) in [5, 5.41) is 1.96. The van der Waals surface area contributed by atoms with Crippen molar-refractivity contribution in [3.05, 3.63) is 41.7 Å². The second-order valence-corrected chi connectivity index (χ2v) is 4.27. The first-order valence-electron chi connectivity index (χ1n) is 4.72. The predicted molar refractivity (Wildman–Crippen MR) is 62.9 cm³/mol. The number of thiazole rings is 1. The van der Waals surface area contributed by atoms with Crippen molar-refractivity contribution in [2.24, 2.45) is 0 Å². The van der Waals surface area contributed by atoms with Crippen LogP contribution in [0.2, 0.25) is 0 Å². The molecule has 0 aliphatic heterocycles. The lowest BCUT2D eigenvalue weighted by Gasteiger charge is -2.00. The molecule has 0 amide bonds. The van der Waals surface area contributed by atoms with E-state index in [1.165, 1.54) is 23.5 Å². The molecule has 16 heavy (non-hydrogen) atoms. The minimum absolute atomic E-state index is 0.242. The Kier molecular flexibility index (Phi) is 1.94. The molecule has 0 aliphatic carbocycles. The van der Waals surface area contributed by atoms with Gasteiger partial charge in [0.2, 0.25) is 0 Å². The molecule has 0 bridgehead atoms. The Morgan fingerprint density at radius 2 is 2.00 bits per heavy atom. The standard InChI is InChI=1S/C11H8FN3S/c12-8-3-1-7(2-4-8)9-6-16-11-14-5-10(13)15(9)11/h1-6H,13H2. The molecule has 3 rings (SSSR count). The summed E-state index contributed by atoms with van der Waals surface area (Å²) in [4.78, 5) is 5.01. The molecule has 0 spiro atoms. The Bertz CT molecular complexity index is 639. The number of nitrogen functional groups attached to an aromatic ring is 1. The molecular weight excluding hydrogens is 225 g/mol. The minimum atomic E-state index is -0.242. The fourth-order valence-electron chi connectivity index (χ4n) is 1.65. The van der Waals surface area contributed by atoms with Gasteiger partial charge in [0.25, 0.3) is 0 Å². The average molecular weight is 233 g/mol. The average Bonchev–Trinajstić information content (AvgIpc) is 2.84. The molecule has 80 valence electrons. The molecule has 0 aliphatic rings. The number of nitrogens with two attached hydrogens (primary N) is 1. The first-order chi connectivity index (χ1) is 7.75. The van der Waals surface area contributed by atoms with Gasteiger partial charge >= 0.3 is 0 Å². The number of nitrogens with zero attached hydrogens (tertiary/aromatic N) is 2. The van der Waals surface area contributed by atoms with Gasteiger partial charge < -0.3 is 5.73 Å². The van der Waals surface area contributed by atoms with E-state index in [0.717, 1.165) is 16.2 Å². The van der Waals surface area contributed by atoms with Crippen LogP contribution in [-0.4, -0.2) is 9.38 Å². The molecule has 1 aromatic carbocycles. The highest BCUT2D eigenvalue weighted by molar-refractivity contribution is 7.15. The normalized spacial score (nSPS) is 11.1. The van der Waals surface area contributed by atoms with Crippen LogP contribution in [0.4, 0.5) is 10.2 Å². The Hall–Kier alpha value is -1.88. The molecule has 0 saturated carbocycles. The third kappa shape index (κ3) is 1.29. The van der Waals surface area contributed by atoms with Crippen molar-refractivity contribution >= 4 is 22.1 Å². The number of hydrogen-bond donors (Lipinski definition) is 1. The van der Waals surface area contributed by atoms with Crippen LogP contribution < -0.4 is 5.73 Å². The fraction of sp³-hybridized carbons (Fsp3) is 0. The molecular formula is C11H8FN3S. The lowest BCUT2D eigenvalue weighted by Crippen LogP contribution is -1.92. The summed E-state index contributed by atoms with van der Waals surface area (Å²) in [6.07, 6.45) is 1.62. The zero-order chi connectivity index (χ0) is 11.1. The van der Waals surface area contributed by atoms with Crippen LogP contribution in [0.1, 0.15) is 0 Å². The summed E-state index contributed by atoms with van der Waals surface area (Å²) in [5.41, 5.74) is 7.69. The summed E-state index contributed by atoms with van der Waals surface area (Å²) in [6, 6.07) is 6.34. The van der Waals surface area contributed by atoms with Gasteiger partial charge in [-0.15, -0.1) is 11.3 Å². The molecule has 0 saturated heterocycles. The van der Waals surface area contributed by atoms with E-state index in [0.29, 0.717) is 5.82 Å². The van der Waals surface area contributed by atoms with E-state index < -0.39 is 0 Å². The lowest BCUT2D eigenvalue weighted by atomic mass is 10.2. The van der Waals surface area contributed by atoms with Crippen LogP contribution in [-0.2, 0) is 0 Å². The van der Waals surface area contributed by atoms with E-state index in [-0.39, 0.29) is 5.82 Å². The third-order valence-electron chi connectivity index (χ3n) is 2.41. The van der Waals surface area contributed by atoms with E-state index in [9.17, 15) is 4.39 Å². The number of rotatable bonds is 1. The summed E-state index contributed by atoms with van der Waals surface area (Å²) in [6.45, 7) is 0. The molecule has 3 nitrogen and oxygen atoms in total. The van der Waals surface area contributed by atoms with Gasteiger partial charge in [-0.3, -0.25) is 4.40 Å². The van der Waals surface area contributed by atoms with Crippen molar-refractivity contribution in [1.82, 2.24) is 9.38 Å². The Morgan fingerprint density at radius 1 is 1.25 bits per heavy atom. The first kappa shape index (κ1) is 9.35. The zero-order valence-corrected chi connectivity index (χ0v) is 9.04. The number of hydrogen-bond acceptors (Lipinski definition) is 3. The molecule has 5 heteroatoms. The van der Waals surface area contributed by atoms with Gasteiger partial charge in [-0.25, -0.2) is 9.37 Å². The van der Waals surface area contributed by atoms with E-state index in [1.807, 2.05) is 9.78 Å². The monoisotopic (exact) mass is 233 g/mol. The second-order valence-electron chi connectivity index (χ2n) is 3.43. The van der Waals surface area contributed by atoms with Crippen LogP contribution in [0.3, 0.4) is 0 Å². The number of fused-ring (bicyclic) bond motifs is 1. The molecule has 2 aromatic heterocycles. The van der Waals surface area contributed by atoms with E-state index in [2.05, 4.69) is 4.98 Å². The van der Waals surface area contributed by atoms with Gasteiger partial charge in [0.1, 0.15) is 11.6 Å². The zero-order valence-electron chi connectivity index (χ0n) is 8.22. The fourth-order valence-corrected chi connectivity index (χ4v) is 2.53. The highest BCUT2D eigenvalue weighted by Crippen LogP contribution is 2.28. The summed E-state index contributed by atoms with van der Waals surface area (Å²) >= 11 is 1.51. The maximum absolute atomic E-state index is 12.8. The van der Waals surface area contributed by atoms with Gasteiger partial charge in [0, 0.05) is 5.38 Å². The third-order valence-corrected chi connectivity index (χ3v) is 3.25. The molecule has 2 heterocycles. The van der Waals surface area contributed by atoms with Crippen LogP contribution in [0.5, 0.6) is 0 Å². The van der Waals surface area contributed by atoms with Crippen molar-refractivity contribution in [2.75, 3.05) is 5.73 Å². The van der Waals surface area contributed by atoms with Crippen molar-refractivity contribution in [3.63, 3.8) is 0 Å². The summed E-state index contributed by atoms with van der Waals surface area (Å²) < 4.78 is 14.7. The summed E-state index contributed by atoms with van der Waals surface area (Å²) in [7, 11) is 0. The van der Waals surface area contributed by atoms with Gasteiger partial charge in [0.05, 0.1) is 11.9 Å². The minimum Gasteiger partial charge on any atom is -0.383 e. The van der Waals surface area contributed by atoms with Crippen molar-refractivity contribution in [3.8, 4) is 11.3 Å². The van der Waals surface area contributed by atoms with E-state index in [4.69, 9.17) is 5.73 Å². The maximum Gasteiger partial charge on any atom is 0.195 e. The van der Waals surface area contributed by atoms with Gasteiger partial charge in [-0.05, 0) is 29.8 Å². The highest BCUT2D eigenvalue weighted by atomic mass is 32.1. The number of aromatic nitrogens is 2. The van der Waals surface area contributed by atoms with E-state index >= 15 is 0 Å². The topological polar surface area (TPSA) is 43.3 Å². The molecule has 0 fully saturated rings. The second kappa shape index (κ2) is 3.31. The largest absolute Gasteiger partial charge is 0.383 e. The number of imidazole rings is 1. The quantitative estimate of drug-likeness (QED) is 0.702. The van der Waals surface area contributed by atoms with Crippen molar-refractivity contribution in [1.29, 1.82) is 0 Å². The SMILES string of the molecule is Nc1cnc2scc(-c3ccc(F)cc3)n12. The molecule has 2 N–H and O–H groups in total. The van der Waals surface area contributed by atoms with Crippen LogP contribution in [0, 0.1) is 5.82 Å². The van der Waals surface area contributed by atoms with Crippen LogP contribution in [0.15, 0.2) is 35.8 Å². The van der Waals surface area contributed by atoms with Crippen molar-refractivity contribution < 1.29 is 4.39 Å². The smallest absolute Gasteiger partial charge is 0.195 e. The van der Waals surface area contributed by atoms with Gasteiger partial charge in [-0.1, -0.05) is 0 Å². The molecule has 0 unspecified atom stereocenters. The number of benzene rings is 1. The van der Waals surface area contributed by atoms with Crippen molar-refractivity contribution in [2.45, 2.75) is 0 Å². The molecule has 0 atom stereocenters. The number of anilines is 1. The van der Waals surface area contributed by atoms with Crippen LogP contribution in [0.25, 0.3) is 16.2 Å². The highest BCUT2D eigenvalue weighted by Gasteiger charge is 2.09. The van der Waals surface area contributed by atoms with Gasteiger partial charge in [-0.2, -0.15) is 0 Å². The van der Waals surface area contributed by atoms with E-state index in [1.54, 1.807) is 18.3 Å². The predicted octanol–water partition coefficient (Wildman–Crippen LogP) is 2.78. The Morgan fingerprint density at radius 3 is 2.75 bits per heavy atom. The first-order valence-corrected chi connectivity index (χ1v) is 5.60. The summed E-state index contributed by atoms with van der Waals surface area (Å²) in [5.74, 6) is 0.351. The van der Waals surface area contributed by atoms with Gasteiger partial charge in [0.15, 0.2) is 4.96 Å². The van der Waals surface area contributed by atoms with Crippen LogP contribution >= 0.6 is 11.3 Å². The number of halogens is 1. The maximum atomic E-state index is 12.8. The Balaban J connectivity index is 2.25. The lowest BCUT2D eigenvalue weighted by molar-refractivity contribution is 0.628.